The van der Waals surface area contributed by atoms with Crippen LogP contribution in [0.3, 0.4) is 0 Å². The molecular formula is C34H19N8+3. The van der Waals surface area contributed by atoms with Crippen LogP contribution in [0.2, 0.25) is 0 Å². The summed E-state index contributed by atoms with van der Waals surface area (Å²) in [4.78, 5) is 16.1. The molecular weight excluding hydrogens is 520 g/mol. The van der Waals surface area contributed by atoms with Gasteiger partial charge in [-0.2, -0.15) is 9.57 Å². The topological polar surface area (TPSA) is 71.4 Å². The van der Waals surface area contributed by atoms with Crippen molar-refractivity contribution in [3.8, 4) is 0 Å². The summed E-state index contributed by atoms with van der Waals surface area (Å²) in [5.74, 6) is 3.76. The van der Waals surface area contributed by atoms with Crippen molar-refractivity contribution in [2.75, 3.05) is 0 Å². The highest BCUT2D eigenvalue weighted by atomic mass is 15.7. The van der Waals surface area contributed by atoms with Gasteiger partial charge in [-0.05, 0) is 37.3 Å². The molecule has 0 amide bonds. The number of amidine groups is 7. The van der Waals surface area contributed by atoms with Crippen molar-refractivity contribution in [1.82, 2.24) is 0 Å². The minimum absolute atomic E-state index is 0.153. The van der Waals surface area contributed by atoms with Gasteiger partial charge in [-0.1, -0.05) is 76.7 Å². The first-order chi connectivity index (χ1) is 20.7. The first-order valence-electron chi connectivity index (χ1n) is 14.1. The Kier molecular flexibility index (Phi) is 3.30. The molecule has 0 aliphatic carbocycles. The maximum atomic E-state index is 12.3. The van der Waals surface area contributed by atoms with Gasteiger partial charge in [0.05, 0.1) is 22.3 Å². The zero-order valence-corrected chi connectivity index (χ0v) is 22.3. The third kappa shape index (κ3) is 1.98. The molecule has 7 heterocycles. The van der Waals surface area contributed by atoms with Crippen LogP contribution in [0.4, 0.5) is 0 Å². The van der Waals surface area contributed by atoms with Gasteiger partial charge < -0.3 is 0 Å². The standard InChI is InChI=1S/C34H19N8/c1-18-19-10-2-4-12-21(19)28-36-30-23-14-6-8-16-25(23)32-38-33-26-17-9-7-15-24(26)31-37-29-22-13-5-3-11-20(22)27(35)40(29)34(39(18)28,41(30)32)42(31)33/h2-17H,1H3/q+3. The van der Waals surface area contributed by atoms with E-state index in [2.05, 4.69) is 69.2 Å². The van der Waals surface area contributed by atoms with Crippen LogP contribution in [-0.2, 0) is 0 Å². The third-order valence-electron chi connectivity index (χ3n) is 9.44. The fourth-order valence-electron chi connectivity index (χ4n) is 7.82. The summed E-state index contributed by atoms with van der Waals surface area (Å²) >= 11 is 0. The second-order valence-electron chi connectivity index (χ2n) is 11.3. The van der Waals surface area contributed by atoms with Crippen LogP contribution in [0.5, 0.6) is 0 Å². The number of fused-ring (bicyclic) bond motifs is 11. The van der Waals surface area contributed by atoms with Gasteiger partial charge in [0.15, 0.2) is 11.7 Å². The van der Waals surface area contributed by atoms with E-state index in [1.54, 1.807) is 0 Å². The first kappa shape index (κ1) is 21.0. The second-order valence-corrected chi connectivity index (χ2v) is 11.3. The molecule has 1 unspecified atom stereocenters. The van der Waals surface area contributed by atoms with E-state index in [1.165, 1.54) is 0 Å². The van der Waals surface area contributed by atoms with E-state index in [9.17, 15) is 5.41 Å². The van der Waals surface area contributed by atoms with Crippen LogP contribution >= 0.6 is 0 Å². The van der Waals surface area contributed by atoms with Crippen molar-refractivity contribution in [1.29, 1.82) is 0 Å². The summed E-state index contributed by atoms with van der Waals surface area (Å²) in [5, 5.41) is 12.3. The highest BCUT2D eigenvalue weighted by Gasteiger charge is 2.73. The first-order valence-corrected chi connectivity index (χ1v) is 14.1. The Bertz CT molecular complexity index is 2280. The molecule has 0 saturated heterocycles. The number of hydrogen-bond acceptors (Lipinski definition) is 3. The van der Waals surface area contributed by atoms with Gasteiger partial charge in [-0.15, -0.1) is 19.1 Å². The molecule has 0 bridgehead atoms. The van der Waals surface area contributed by atoms with E-state index in [0.29, 0.717) is 5.84 Å². The fourth-order valence-corrected chi connectivity index (χ4v) is 7.82. The molecule has 1 atom stereocenters. The average molecular weight is 540 g/mol. The smallest absolute Gasteiger partial charge is 0.199 e. The van der Waals surface area contributed by atoms with Crippen LogP contribution in [-0.4, -0.2) is 70.8 Å². The monoisotopic (exact) mass is 539 g/mol. The fraction of sp³-hybridized carbons (Fsp3) is 0.0588. The van der Waals surface area contributed by atoms with Gasteiger partial charge in [-0.25, -0.2) is 0 Å². The number of aliphatic imine (C=N–C) groups is 3. The maximum Gasteiger partial charge on any atom is 0.464 e. The summed E-state index contributed by atoms with van der Waals surface area (Å²) in [6.07, 6.45) is 0. The summed E-state index contributed by atoms with van der Waals surface area (Å²) in [7, 11) is 0. The van der Waals surface area contributed by atoms with Crippen molar-refractivity contribution in [2.24, 2.45) is 15.0 Å². The molecule has 0 saturated carbocycles. The lowest BCUT2D eigenvalue weighted by atomic mass is 10.1. The Morgan fingerprint density at radius 1 is 0.452 bits per heavy atom. The molecule has 8 heteroatoms. The normalized spacial score (nSPS) is 22.6. The Labute approximate surface area is 239 Å². The van der Waals surface area contributed by atoms with Gasteiger partial charge >= 0.3 is 11.7 Å². The van der Waals surface area contributed by atoms with Gasteiger partial charge in [-0.3, -0.25) is 0 Å². The van der Waals surface area contributed by atoms with Crippen molar-refractivity contribution >= 4 is 46.6 Å². The minimum atomic E-state index is -1.16. The van der Waals surface area contributed by atoms with Crippen LogP contribution in [0.1, 0.15) is 51.4 Å². The van der Waals surface area contributed by atoms with Gasteiger partial charge in [0, 0.05) is 22.3 Å². The van der Waals surface area contributed by atoms with Crippen molar-refractivity contribution < 1.29 is 18.3 Å². The zero-order valence-electron chi connectivity index (χ0n) is 22.3. The summed E-state index contributed by atoms with van der Waals surface area (Å²) in [6.45, 7) is 2.14. The molecule has 7 aliphatic heterocycles. The van der Waals surface area contributed by atoms with Gasteiger partial charge in [0.1, 0.15) is 5.71 Å². The lowest BCUT2D eigenvalue weighted by Gasteiger charge is -2.40. The number of nitrogens with zero attached hydrogens (tertiary/aromatic N) is 8. The van der Waals surface area contributed by atoms with Crippen LogP contribution in [0.25, 0.3) is 5.41 Å². The Hall–Kier alpha value is -5.76. The van der Waals surface area contributed by atoms with E-state index in [1.807, 2.05) is 53.1 Å². The van der Waals surface area contributed by atoms with Crippen LogP contribution < -0.4 is 0 Å². The minimum Gasteiger partial charge on any atom is -0.199 e. The summed E-state index contributed by atoms with van der Waals surface area (Å²) < 4.78 is 8.70. The quantitative estimate of drug-likeness (QED) is 0.308. The average Bonchev–Trinajstić information content (AvgIpc) is 3.73. The highest BCUT2D eigenvalue weighted by Crippen LogP contribution is 2.44. The molecule has 0 radical (unpaired) electrons. The third-order valence-corrected chi connectivity index (χ3v) is 9.44. The Morgan fingerprint density at radius 3 is 1.33 bits per heavy atom. The van der Waals surface area contributed by atoms with E-state index in [0.717, 1.165) is 79.4 Å². The Morgan fingerprint density at radius 2 is 0.810 bits per heavy atom. The maximum absolute atomic E-state index is 12.3. The SMILES string of the molecule is CC1=[N+]2C(=NC3=[N+]4C(=NC5=[N+]6C(=NC7=[N+](C(=[N-])c8ccccc87)C246)c2ccccc25)c2ccccc23)c2ccccc21. The van der Waals surface area contributed by atoms with Crippen molar-refractivity contribution in [3.05, 3.63) is 147 Å². The summed E-state index contributed by atoms with van der Waals surface area (Å²) in [6, 6.07) is 33.0. The Balaban J connectivity index is 1.41. The predicted octanol–water partition coefficient (Wildman–Crippen LogP) is 3.15. The van der Waals surface area contributed by atoms with Gasteiger partial charge in [0.25, 0.3) is 17.5 Å². The van der Waals surface area contributed by atoms with E-state index in [4.69, 9.17) is 15.0 Å². The molecule has 1 spiro atoms. The molecule has 4 aromatic rings. The van der Waals surface area contributed by atoms with Crippen LogP contribution in [0, 0.1) is 0 Å². The largest absolute Gasteiger partial charge is 0.464 e. The molecule has 4 aromatic carbocycles. The molecule has 0 aromatic heterocycles. The molecule has 11 rings (SSSR count). The summed E-state index contributed by atoms with van der Waals surface area (Å²) in [5.41, 5.74) is 8.92. The highest BCUT2D eigenvalue weighted by molar-refractivity contribution is 6.28. The van der Waals surface area contributed by atoms with Crippen molar-refractivity contribution in [2.45, 2.75) is 12.8 Å². The number of benzene rings is 4. The molecule has 0 fully saturated rings. The van der Waals surface area contributed by atoms with Crippen LogP contribution in [0.15, 0.2) is 112 Å². The van der Waals surface area contributed by atoms with E-state index >= 15 is 0 Å². The number of rotatable bonds is 0. The van der Waals surface area contributed by atoms with E-state index < -0.39 is 5.91 Å². The molecule has 8 nitrogen and oxygen atoms in total. The lowest BCUT2D eigenvalue weighted by molar-refractivity contribution is -1.06. The second kappa shape index (κ2) is 6.58. The molecule has 42 heavy (non-hydrogen) atoms. The lowest BCUT2D eigenvalue weighted by Crippen LogP contribution is -2.75. The predicted molar refractivity (Wildman–Crippen MR) is 159 cm³/mol. The van der Waals surface area contributed by atoms with Crippen molar-refractivity contribution in [3.63, 3.8) is 0 Å². The molecule has 0 N–H and O–H groups in total. The zero-order chi connectivity index (χ0) is 27.5. The van der Waals surface area contributed by atoms with Gasteiger partial charge in [0.2, 0.25) is 5.84 Å². The molecule has 7 aliphatic rings. The number of hydrogen-bond donors (Lipinski definition) is 0. The molecule has 192 valence electrons. The van der Waals surface area contributed by atoms with E-state index in [-0.39, 0.29) is 5.84 Å².